The van der Waals surface area contributed by atoms with Crippen molar-refractivity contribution in [2.75, 3.05) is 24.5 Å². The Morgan fingerprint density at radius 1 is 1.25 bits per heavy atom. The molecule has 0 saturated carbocycles. The molecule has 0 aromatic heterocycles. The van der Waals surface area contributed by atoms with Crippen LogP contribution in [0.25, 0.3) is 0 Å². The molecule has 0 aliphatic heterocycles. The molecule has 1 rings (SSSR count). The smallest absolute Gasteiger partial charge is 0.146 e. The van der Waals surface area contributed by atoms with Crippen molar-refractivity contribution in [3.63, 3.8) is 0 Å². The highest BCUT2D eigenvalue weighted by Crippen LogP contribution is 2.21. The number of rotatable bonds is 9. The lowest BCUT2D eigenvalue weighted by atomic mass is 10.1. The summed E-state index contributed by atoms with van der Waals surface area (Å²) in [5.41, 5.74) is 1.69. The van der Waals surface area contributed by atoms with Gasteiger partial charge < -0.3 is 10.2 Å². The summed E-state index contributed by atoms with van der Waals surface area (Å²) in [4.78, 5) is 1.92. The second-order valence-electron chi connectivity index (χ2n) is 5.29. The van der Waals surface area contributed by atoms with E-state index in [1.54, 1.807) is 12.2 Å². The van der Waals surface area contributed by atoms with E-state index in [2.05, 4.69) is 32.3 Å². The summed E-state index contributed by atoms with van der Waals surface area (Å²) in [7, 11) is 0. The first-order valence-corrected chi connectivity index (χ1v) is 7.04. The Morgan fingerprint density at radius 2 is 1.90 bits per heavy atom. The van der Waals surface area contributed by atoms with E-state index in [0.29, 0.717) is 24.7 Å². The Bertz CT molecular complexity index is 431. The van der Waals surface area contributed by atoms with Gasteiger partial charge in [-0.2, -0.15) is 0 Å². The van der Waals surface area contributed by atoms with Crippen LogP contribution in [0.5, 0.6) is 0 Å². The van der Waals surface area contributed by atoms with Crippen LogP contribution in [-0.4, -0.2) is 19.6 Å². The maximum atomic E-state index is 14.0. The van der Waals surface area contributed by atoms with E-state index in [0.717, 1.165) is 18.7 Å². The van der Waals surface area contributed by atoms with Crippen molar-refractivity contribution < 1.29 is 4.39 Å². The van der Waals surface area contributed by atoms with E-state index >= 15 is 0 Å². The van der Waals surface area contributed by atoms with Crippen molar-refractivity contribution >= 4 is 5.69 Å². The largest absolute Gasteiger partial charge is 0.362 e. The quantitative estimate of drug-likeness (QED) is 0.691. The Morgan fingerprint density at radius 3 is 2.45 bits per heavy atom. The highest BCUT2D eigenvalue weighted by molar-refractivity contribution is 5.51. The van der Waals surface area contributed by atoms with Gasteiger partial charge >= 0.3 is 0 Å². The fraction of sp³-hybridized carbons (Fsp3) is 0.412. The molecule has 0 radical (unpaired) electrons. The molecule has 110 valence electrons. The number of hydrogen-bond acceptors (Lipinski definition) is 2. The van der Waals surface area contributed by atoms with E-state index in [-0.39, 0.29) is 5.82 Å². The number of benzene rings is 1. The molecular formula is C17H25FN2. The zero-order chi connectivity index (χ0) is 15.0. The SMILES string of the molecule is C=CCN(CC=C)c1cc(CNCC(C)C)ccc1F. The zero-order valence-electron chi connectivity index (χ0n) is 12.5. The zero-order valence-corrected chi connectivity index (χ0v) is 12.5. The van der Waals surface area contributed by atoms with Crippen LogP contribution in [-0.2, 0) is 6.54 Å². The van der Waals surface area contributed by atoms with Crippen LogP contribution in [0.3, 0.4) is 0 Å². The molecule has 2 nitrogen and oxygen atoms in total. The van der Waals surface area contributed by atoms with Gasteiger partial charge in [0.1, 0.15) is 5.82 Å². The van der Waals surface area contributed by atoms with Crippen LogP contribution in [0, 0.1) is 11.7 Å². The minimum atomic E-state index is -0.207. The van der Waals surface area contributed by atoms with Crippen molar-refractivity contribution in [3.8, 4) is 0 Å². The third-order valence-electron chi connectivity index (χ3n) is 2.93. The summed E-state index contributed by atoms with van der Waals surface area (Å²) in [6, 6.07) is 5.25. The van der Waals surface area contributed by atoms with E-state index in [9.17, 15) is 4.39 Å². The summed E-state index contributed by atoms with van der Waals surface area (Å²) in [6.07, 6.45) is 3.54. The lowest BCUT2D eigenvalue weighted by molar-refractivity contribution is 0.551. The van der Waals surface area contributed by atoms with Crippen LogP contribution < -0.4 is 10.2 Å². The van der Waals surface area contributed by atoms with Crippen LogP contribution >= 0.6 is 0 Å². The number of nitrogens with one attached hydrogen (secondary N) is 1. The molecule has 0 aliphatic carbocycles. The standard InChI is InChI=1S/C17H25FN2/c1-5-9-20(10-6-2)17-11-15(7-8-16(17)18)13-19-12-14(3)4/h5-8,11,14,19H,1-2,9-10,12-13H2,3-4H3. The van der Waals surface area contributed by atoms with Gasteiger partial charge in [0, 0.05) is 19.6 Å². The topological polar surface area (TPSA) is 15.3 Å². The lowest BCUT2D eigenvalue weighted by Gasteiger charge is -2.23. The first-order valence-electron chi connectivity index (χ1n) is 7.04. The van der Waals surface area contributed by atoms with Crippen LogP contribution in [0.2, 0.25) is 0 Å². The van der Waals surface area contributed by atoms with Crippen LogP contribution in [0.15, 0.2) is 43.5 Å². The Balaban J connectivity index is 2.83. The van der Waals surface area contributed by atoms with Crippen molar-refractivity contribution in [1.82, 2.24) is 5.32 Å². The Hall–Kier alpha value is -1.61. The molecule has 3 heteroatoms. The van der Waals surface area contributed by atoms with Gasteiger partial charge in [0.15, 0.2) is 0 Å². The summed E-state index contributed by atoms with van der Waals surface area (Å²) in [5.74, 6) is 0.397. The van der Waals surface area contributed by atoms with Crippen molar-refractivity contribution in [2.45, 2.75) is 20.4 Å². The van der Waals surface area contributed by atoms with Gasteiger partial charge in [-0.15, -0.1) is 13.2 Å². The van der Waals surface area contributed by atoms with Gasteiger partial charge in [-0.05, 0) is 30.2 Å². The molecule has 0 aliphatic rings. The molecule has 1 aromatic rings. The van der Waals surface area contributed by atoms with Crippen LogP contribution in [0.4, 0.5) is 10.1 Å². The number of nitrogens with zero attached hydrogens (tertiary/aromatic N) is 1. The van der Waals surface area contributed by atoms with E-state index in [1.807, 2.05) is 17.0 Å². The monoisotopic (exact) mass is 276 g/mol. The average Bonchev–Trinajstić information content (AvgIpc) is 2.40. The molecule has 0 amide bonds. The number of anilines is 1. The number of halogens is 1. The first kappa shape index (κ1) is 16.4. The number of hydrogen-bond donors (Lipinski definition) is 1. The van der Waals surface area contributed by atoms with Gasteiger partial charge in [-0.3, -0.25) is 0 Å². The van der Waals surface area contributed by atoms with Crippen molar-refractivity contribution in [1.29, 1.82) is 0 Å². The normalized spacial score (nSPS) is 10.6. The predicted octanol–water partition coefficient (Wildman–Crippen LogP) is 3.75. The fourth-order valence-electron chi connectivity index (χ4n) is 2.00. The molecule has 0 atom stereocenters. The lowest BCUT2D eigenvalue weighted by Crippen LogP contribution is -2.25. The Labute approximate surface area is 122 Å². The van der Waals surface area contributed by atoms with Crippen molar-refractivity contribution in [2.24, 2.45) is 5.92 Å². The predicted molar refractivity (Wildman–Crippen MR) is 85.6 cm³/mol. The molecule has 20 heavy (non-hydrogen) atoms. The van der Waals surface area contributed by atoms with E-state index in [1.165, 1.54) is 6.07 Å². The van der Waals surface area contributed by atoms with E-state index < -0.39 is 0 Å². The maximum absolute atomic E-state index is 14.0. The molecule has 0 spiro atoms. The molecule has 0 fully saturated rings. The maximum Gasteiger partial charge on any atom is 0.146 e. The molecule has 0 unspecified atom stereocenters. The minimum Gasteiger partial charge on any atom is -0.362 e. The second kappa shape index (κ2) is 8.54. The molecule has 0 saturated heterocycles. The van der Waals surface area contributed by atoms with Gasteiger partial charge in [0.05, 0.1) is 5.69 Å². The molecule has 0 bridgehead atoms. The summed E-state index contributed by atoms with van der Waals surface area (Å²) < 4.78 is 14.0. The third kappa shape index (κ3) is 5.17. The molecule has 1 aromatic carbocycles. The molecule has 1 N–H and O–H groups in total. The third-order valence-corrected chi connectivity index (χ3v) is 2.93. The average molecular weight is 276 g/mol. The van der Waals surface area contributed by atoms with Crippen molar-refractivity contribution in [3.05, 3.63) is 54.9 Å². The summed E-state index contributed by atoms with van der Waals surface area (Å²) in [5, 5.41) is 3.37. The van der Waals surface area contributed by atoms with Gasteiger partial charge in [-0.25, -0.2) is 4.39 Å². The fourth-order valence-corrected chi connectivity index (χ4v) is 2.00. The Kier molecular flexibility index (Phi) is 7.02. The summed E-state index contributed by atoms with van der Waals surface area (Å²) in [6.45, 7) is 14.7. The highest BCUT2D eigenvalue weighted by Gasteiger charge is 2.10. The van der Waals surface area contributed by atoms with Gasteiger partial charge in [-0.1, -0.05) is 32.1 Å². The molecular weight excluding hydrogens is 251 g/mol. The minimum absolute atomic E-state index is 0.207. The molecule has 0 heterocycles. The van der Waals surface area contributed by atoms with E-state index in [4.69, 9.17) is 0 Å². The summed E-state index contributed by atoms with van der Waals surface area (Å²) >= 11 is 0. The van der Waals surface area contributed by atoms with Gasteiger partial charge in [0.25, 0.3) is 0 Å². The highest BCUT2D eigenvalue weighted by atomic mass is 19.1. The van der Waals surface area contributed by atoms with Crippen LogP contribution in [0.1, 0.15) is 19.4 Å². The second-order valence-corrected chi connectivity index (χ2v) is 5.29. The van der Waals surface area contributed by atoms with Gasteiger partial charge in [0.2, 0.25) is 0 Å². The first-order chi connectivity index (χ1) is 9.58.